The first-order chi connectivity index (χ1) is 20.6. The lowest BCUT2D eigenvalue weighted by Gasteiger charge is -2.47. The second-order valence-corrected chi connectivity index (χ2v) is 11.4. The van der Waals surface area contributed by atoms with Crippen LogP contribution in [0.5, 0.6) is 0 Å². The molecular formula is C34H31NO6S. The zero-order valence-corrected chi connectivity index (χ0v) is 23.6. The van der Waals surface area contributed by atoms with Crippen molar-refractivity contribution in [2.45, 2.75) is 47.9 Å². The number of nitrogens with zero attached hydrogens (tertiary/aromatic N) is 1. The van der Waals surface area contributed by atoms with Gasteiger partial charge in [-0.05, 0) is 35.4 Å². The molecule has 5 atom stereocenters. The van der Waals surface area contributed by atoms with E-state index in [2.05, 4.69) is 0 Å². The third-order valence-corrected chi connectivity index (χ3v) is 8.61. The Morgan fingerprint density at radius 1 is 0.714 bits per heavy atom. The van der Waals surface area contributed by atoms with E-state index in [0.717, 1.165) is 16.0 Å². The molecule has 4 aromatic rings. The second-order valence-electron chi connectivity index (χ2n) is 10.2. The first-order valence-corrected chi connectivity index (χ1v) is 14.8. The highest BCUT2D eigenvalue weighted by Gasteiger charge is 2.54. The van der Waals surface area contributed by atoms with Gasteiger partial charge >= 0.3 is 0 Å². The van der Waals surface area contributed by atoms with Crippen LogP contribution in [0.4, 0.5) is 0 Å². The third kappa shape index (κ3) is 6.04. The van der Waals surface area contributed by atoms with Gasteiger partial charge in [0.25, 0.3) is 11.8 Å². The molecule has 0 bridgehead atoms. The van der Waals surface area contributed by atoms with E-state index < -0.39 is 41.6 Å². The molecule has 1 N–H and O–H groups in total. The Labute approximate surface area is 249 Å². The molecule has 2 heterocycles. The minimum Gasteiger partial charge on any atom is -0.388 e. The lowest BCUT2D eigenvalue weighted by Crippen LogP contribution is -2.65. The standard InChI is InChI=1S/C34H31NO6S/c36-30-28(22-39-20-23-12-4-1-5-13-23)41-34(42-25-16-8-3-9-17-25)29(31(30)40-21-24-14-6-2-7-15-24)35-32(37)26-18-10-11-19-27(26)33(35)38/h1-19,28-31,34,36H,20-22H2. The van der Waals surface area contributed by atoms with Crippen molar-refractivity contribution in [3.05, 3.63) is 138 Å². The van der Waals surface area contributed by atoms with Gasteiger partial charge in [-0.15, -0.1) is 0 Å². The van der Waals surface area contributed by atoms with E-state index >= 15 is 0 Å². The fourth-order valence-electron chi connectivity index (χ4n) is 5.35. The summed E-state index contributed by atoms with van der Waals surface area (Å²) in [6, 6.07) is 34.9. The Morgan fingerprint density at radius 2 is 1.24 bits per heavy atom. The summed E-state index contributed by atoms with van der Waals surface area (Å²) in [7, 11) is 0. The summed E-state index contributed by atoms with van der Waals surface area (Å²) in [5.41, 5.74) is 1.83. The van der Waals surface area contributed by atoms with E-state index in [4.69, 9.17) is 14.2 Å². The van der Waals surface area contributed by atoms with E-state index in [0.29, 0.717) is 17.7 Å². The van der Waals surface area contributed by atoms with Gasteiger partial charge in [-0.3, -0.25) is 14.5 Å². The summed E-state index contributed by atoms with van der Waals surface area (Å²) >= 11 is 1.39. The maximum absolute atomic E-state index is 13.7. The second kappa shape index (κ2) is 13.0. The molecule has 2 aliphatic rings. The van der Waals surface area contributed by atoms with Crippen LogP contribution in [0.15, 0.2) is 120 Å². The van der Waals surface area contributed by atoms with Gasteiger partial charge in [0.15, 0.2) is 0 Å². The van der Waals surface area contributed by atoms with Crippen molar-refractivity contribution >= 4 is 23.6 Å². The van der Waals surface area contributed by atoms with Gasteiger partial charge < -0.3 is 19.3 Å². The zero-order chi connectivity index (χ0) is 28.9. The molecule has 2 aliphatic heterocycles. The lowest BCUT2D eigenvalue weighted by molar-refractivity contribution is -0.205. The normalized spacial score (nSPS) is 23.6. The Bertz CT molecular complexity index is 1470. The number of carbonyl (C=O) groups excluding carboxylic acids is 2. The van der Waals surface area contributed by atoms with Crippen LogP contribution >= 0.6 is 11.8 Å². The molecule has 0 radical (unpaired) electrons. The number of imide groups is 1. The molecule has 6 rings (SSSR count). The van der Waals surface area contributed by atoms with Crippen LogP contribution in [-0.4, -0.2) is 58.2 Å². The summed E-state index contributed by atoms with van der Waals surface area (Å²) < 4.78 is 18.9. The van der Waals surface area contributed by atoms with Crippen molar-refractivity contribution in [3.8, 4) is 0 Å². The molecule has 8 heteroatoms. The number of aliphatic hydroxyl groups is 1. The zero-order valence-electron chi connectivity index (χ0n) is 22.8. The SMILES string of the molecule is O=C1c2ccccc2C(=O)N1C1C(Sc2ccccc2)OC(COCc2ccccc2)C(O)C1OCc1ccccc1. The first kappa shape index (κ1) is 28.3. The van der Waals surface area contributed by atoms with Crippen LogP contribution in [0.1, 0.15) is 31.8 Å². The van der Waals surface area contributed by atoms with E-state index in [1.165, 1.54) is 16.7 Å². The molecule has 1 saturated heterocycles. The van der Waals surface area contributed by atoms with E-state index in [-0.39, 0.29) is 13.2 Å². The van der Waals surface area contributed by atoms with Crippen molar-refractivity contribution in [2.24, 2.45) is 0 Å². The molecule has 0 aliphatic carbocycles. The van der Waals surface area contributed by atoms with Gasteiger partial charge in [0.1, 0.15) is 29.8 Å². The Balaban J connectivity index is 1.33. The van der Waals surface area contributed by atoms with Crippen LogP contribution in [0.2, 0.25) is 0 Å². The van der Waals surface area contributed by atoms with Crippen LogP contribution in [0.25, 0.3) is 0 Å². The highest BCUT2D eigenvalue weighted by molar-refractivity contribution is 7.99. The molecule has 0 aromatic heterocycles. The van der Waals surface area contributed by atoms with Gasteiger partial charge in [-0.1, -0.05) is 103 Å². The fourth-order valence-corrected chi connectivity index (χ4v) is 6.55. The third-order valence-electron chi connectivity index (χ3n) is 7.44. The Hall–Kier alpha value is -3.79. The van der Waals surface area contributed by atoms with Crippen molar-refractivity contribution in [1.29, 1.82) is 0 Å². The quantitative estimate of drug-likeness (QED) is 0.254. The minimum absolute atomic E-state index is 0.0992. The maximum Gasteiger partial charge on any atom is 0.262 e. The largest absolute Gasteiger partial charge is 0.388 e. The summed E-state index contributed by atoms with van der Waals surface area (Å²) in [5.74, 6) is -0.857. The smallest absolute Gasteiger partial charge is 0.262 e. The van der Waals surface area contributed by atoms with Gasteiger partial charge in [0, 0.05) is 4.90 Å². The average molecular weight is 582 g/mol. The fraction of sp³-hybridized carbons (Fsp3) is 0.235. The molecule has 1 fully saturated rings. The van der Waals surface area contributed by atoms with E-state index in [1.54, 1.807) is 24.3 Å². The number of thioether (sulfide) groups is 1. The maximum atomic E-state index is 13.7. The summed E-state index contributed by atoms with van der Waals surface area (Å²) in [6.07, 6.45) is -2.87. The van der Waals surface area contributed by atoms with Gasteiger partial charge in [-0.2, -0.15) is 0 Å². The number of amides is 2. The first-order valence-electron chi connectivity index (χ1n) is 13.9. The van der Waals surface area contributed by atoms with Crippen molar-refractivity contribution < 1.29 is 28.9 Å². The molecule has 0 saturated carbocycles. The van der Waals surface area contributed by atoms with Gasteiger partial charge in [-0.25, -0.2) is 0 Å². The van der Waals surface area contributed by atoms with Crippen molar-refractivity contribution in [1.82, 2.24) is 4.90 Å². The molecule has 5 unspecified atom stereocenters. The highest BCUT2D eigenvalue weighted by Crippen LogP contribution is 2.40. The topological polar surface area (TPSA) is 85.3 Å². The summed E-state index contributed by atoms with van der Waals surface area (Å²) in [4.78, 5) is 29.5. The molecule has 214 valence electrons. The number of hydrogen-bond acceptors (Lipinski definition) is 7. The number of ether oxygens (including phenoxy) is 3. The lowest BCUT2D eigenvalue weighted by atomic mass is 9.96. The Kier molecular flexibility index (Phi) is 8.79. The van der Waals surface area contributed by atoms with Crippen LogP contribution < -0.4 is 0 Å². The number of benzene rings is 4. The van der Waals surface area contributed by atoms with Crippen molar-refractivity contribution in [2.75, 3.05) is 6.61 Å². The summed E-state index contributed by atoms with van der Waals surface area (Å²) in [5, 5.41) is 11.7. The average Bonchev–Trinajstić information content (AvgIpc) is 3.28. The Morgan fingerprint density at radius 3 is 1.83 bits per heavy atom. The van der Waals surface area contributed by atoms with E-state index in [1.807, 2.05) is 91.0 Å². The highest BCUT2D eigenvalue weighted by atomic mass is 32.2. The molecule has 42 heavy (non-hydrogen) atoms. The van der Waals surface area contributed by atoms with Crippen molar-refractivity contribution in [3.63, 3.8) is 0 Å². The van der Waals surface area contributed by atoms with Gasteiger partial charge in [0.2, 0.25) is 0 Å². The monoisotopic (exact) mass is 581 g/mol. The predicted octanol–water partition coefficient (Wildman–Crippen LogP) is 5.33. The van der Waals surface area contributed by atoms with Gasteiger partial charge in [0.05, 0.1) is 30.9 Å². The molecule has 4 aromatic carbocycles. The number of rotatable bonds is 10. The number of aliphatic hydroxyl groups excluding tert-OH is 1. The van der Waals surface area contributed by atoms with Crippen LogP contribution in [0, 0.1) is 0 Å². The summed E-state index contributed by atoms with van der Waals surface area (Å²) in [6.45, 7) is 0.631. The predicted molar refractivity (Wildman–Crippen MR) is 159 cm³/mol. The number of hydrogen-bond donors (Lipinski definition) is 1. The molecule has 7 nitrogen and oxygen atoms in total. The molecule has 2 amide bonds. The van der Waals surface area contributed by atoms with E-state index in [9.17, 15) is 14.7 Å². The van der Waals surface area contributed by atoms with Crippen LogP contribution in [-0.2, 0) is 27.4 Å². The number of carbonyl (C=O) groups is 2. The minimum atomic E-state index is -1.17. The molecular weight excluding hydrogens is 550 g/mol. The van der Waals surface area contributed by atoms with Crippen LogP contribution in [0.3, 0.4) is 0 Å². The molecule has 0 spiro atoms. The number of fused-ring (bicyclic) bond motifs is 1.